The number of carbonyl (C=O) groups is 1. The van der Waals surface area contributed by atoms with E-state index in [1.54, 1.807) is 18.0 Å². The number of carbonyl (C=O) groups excluding carboxylic acids is 1. The molecule has 2 rings (SSSR count). The molecular formula is C14H17N5O2S. The number of benzene rings is 1. The van der Waals surface area contributed by atoms with Crippen molar-refractivity contribution in [2.45, 2.75) is 13.5 Å². The van der Waals surface area contributed by atoms with Crippen LogP contribution in [0.1, 0.15) is 17.4 Å². The molecule has 0 spiro atoms. The van der Waals surface area contributed by atoms with Crippen LogP contribution < -0.4 is 21.1 Å². The van der Waals surface area contributed by atoms with Gasteiger partial charge in [-0.1, -0.05) is 12.1 Å². The Morgan fingerprint density at radius 1 is 1.36 bits per heavy atom. The Balaban J connectivity index is 2.15. The zero-order valence-corrected chi connectivity index (χ0v) is 13.1. The Kier molecular flexibility index (Phi) is 4.95. The van der Waals surface area contributed by atoms with Crippen LogP contribution in [0.25, 0.3) is 0 Å². The third-order valence-electron chi connectivity index (χ3n) is 2.92. The first-order chi connectivity index (χ1) is 10.5. The molecular weight excluding hydrogens is 302 g/mol. The summed E-state index contributed by atoms with van der Waals surface area (Å²) < 4.78 is 6.84. The van der Waals surface area contributed by atoms with Gasteiger partial charge in [0.2, 0.25) is 0 Å². The van der Waals surface area contributed by atoms with Gasteiger partial charge in [-0.3, -0.25) is 9.48 Å². The summed E-state index contributed by atoms with van der Waals surface area (Å²) in [7, 11) is 1.58. The molecule has 0 unspecified atom stereocenters. The Hall–Kier alpha value is -2.61. The molecule has 22 heavy (non-hydrogen) atoms. The first-order valence-electron chi connectivity index (χ1n) is 6.63. The largest absolute Gasteiger partial charge is 0.495 e. The molecule has 7 nitrogen and oxygen atoms in total. The van der Waals surface area contributed by atoms with Crippen LogP contribution in [0.5, 0.6) is 5.75 Å². The smallest absolute Gasteiger partial charge is 0.271 e. The number of methoxy groups -OCH3 is 1. The number of hydrogen-bond acceptors (Lipinski definition) is 4. The number of thiocarbonyl (C=S) groups is 1. The molecule has 1 heterocycles. The molecule has 8 heteroatoms. The van der Waals surface area contributed by atoms with Crippen molar-refractivity contribution in [1.82, 2.24) is 9.78 Å². The summed E-state index contributed by atoms with van der Waals surface area (Å²) in [4.78, 5) is 11.4. The highest BCUT2D eigenvalue weighted by Crippen LogP contribution is 2.23. The maximum Gasteiger partial charge on any atom is 0.271 e. The number of primary amides is 1. The van der Waals surface area contributed by atoms with Gasteiger partial charge in [0.15, 0.2) is 10.8 Å². The van der Waals surface area contributed by atoms with Crippen LogP contribution in [0.15, 0.2) is 30.5 Å². The summed E-state index contributed by atoms with van der Waals surface area (Å²) in [5.41, 5.74) is 6.64. The van der Waals surface area contributed by atoms with E-state index < -0.39 is 5.91 Å². The number of rotatable bonds is 5. The Bertz CT molecular complexity index is 698. The summed E-state index contributed by atoms with van der Waals surface area (Å²) >= 11 is 5.25. The van der Waals surface area contributed by atoms with E-state index in [9.17, 15) is 4.79 Å². The van der Waals surface area contributed by atoms with Crippen molar-refractivity contribution < 1.29 is 9.53 Å². The molecule has 0 aliphatic heterocycles. The monoisotopic (exact) mass is 319 g/mol. The van der Waals surface area contributed by atoms with Crippen LogP contribution in [-0.4, -0.2) is 27.9 Å². The van der Waals surface area contributed by atoms with Gasteiger partial charge in [0, 0.05) is 12.7 Å². The van der Waals surface area contributed by atoms with Crippen molar-refractivity contribution in [1.29, 1.82) is 0 Å². The normalized spacial score (nSPS) is 10.1. The van der Waals surface area contributed by atoms with Gasteiger partial charge in [-0.2, -0.15) is 5.10 Å². The van der Waals surface area contributed by atoms with E-state index in [1.807, 2.05) is 31.2 Å². The zero-order valence-electron chi connectivity index (χ0n) is 12.3. The third-order valence-corrected chi connectivity index (χ3v) is 3.13. The molecule has 0 saturated heterocycles. The van der Waals surface area contributed by atoms with Gasteiger partial charge in [-0.15, -0.1) is 0 Å². The molecule has 1 aromatic heterocycles. The van der Waals surface area contributed by atoms with Crippen molar-refractivity contribution in [2.24, 2.45) is 5.73 Å². The quantitative estimate of drug-likeness (QED) is 0.728. The number of ether oxygens (including phenoxy) is 1. The number of anilines is 2. The van der Waals surface area contributed by atoms with Crippen molar-refractivity contribution in [3.05, 3.63) is 36.2 Å². The molecule has 0 aliphatic rings. The average Bonchev–Trinajstić information content (AvgIpc) is 2.91. The molecule has 0 saturated carbocycles. The third kappa shape index (κ3) is 3.53. The minimum Gasteiger partial charge on any atom is -0.495 e. The summed E-state index contributed by atoms with van der Waals surface area (Å²) in [6.45, 7) is 2.53. The minimum atomic E-state index is -0.616. The molecule has 2 aromatic rings. The highest BCUT2D eigenvalue weighted by Gasteiger charge is 2.15. The van der Waals surface area contributed by atoms with E-state index in [1.165, 1.54) is 0 Å². The summed E-state index contributed by atoms with van der Waals surface area (Å²) in [6.07, 6.45) is 1.68. The summed E-state index contributed by atoms with van der Waals surface area (Å²) in [5, 5.41) is 10.3. The Labute approximate surface area is 133 Å². The second-order valence-electron chi connectivity index (χ2n) is 4.39. The topological polar surface area (TPSA) is 94.2 Å². The fraction of sp³-hybridized carbons (Fsp3) is 0.214. The van der Waals surface area contributed by atoms with Crippen LogP contribution in [0.3, 0.4) is 0 Å². The lowest BCUT2D eigenvalue weighted by Gasteiger charge is -2.12. The van der Waals surface area contributed by atoms with E-state index in [0.717, 1.165) is 0 Å². The lowest BCUT2D eigenvalue weighted by atomic mass is 10.3. The second kappa shape index (κ2) is 6.90. The van der Waals surface area contributed by atoms with Crippen molar-refractivity contribution in [2.75, 3.05) is 17.7 Å². The molecule has 1 amide bonds. The first-order valence-corrected chi connectivity index (χ1v) is 7.04. The highest BCUT2D eigenvalue weighted by atomic mass is 32.1. The summed E-state index contributed by atoms with van der Waals surface area (Å²) in [6, 6.07) is 7.36. The van der Waals surface area contributed by atoms with Gasteiger partial charge < -0.3 is 21.1 Å². The molecule has 0 atom stereocenters. The van der Waals surface area contributed by atoms with E-state index >= 15 is 0 Å². The number of para-hydroxylation sites is 2. The SMILES string of the molecule is CCn1cc(NC(=S)Nc2ccccc2OC)c(C(N)=O)n1. The maximum absolute atomic E-state index is 11.4. The van der Waals surface area contributed by atoms with Crippen LogP contribution in [0.4, 0.5) is 11.4 Å². The van der Waals surface area contributed by atoms with Gasteiger partial charge in [0.05, 0.1) is 18.5 Å². The Morgan fingerprint density at radius 2 is 2.05 bits per heavy atom. The molecule has 0 aliphatic carbocycles. The van der Waals surface area contributed by atoms with E-state index in [4.69, 9.17) is 22.7 Å². The molecule has 1 aromatic carbocycles. The number of nitrogens with two attached hydrogens (primary N) is 1. The highest BCUT2D eigenvalue weighted by molar-refractivity contribution is 7.80. The van der Waals surface area contributed by atoms with Gasteiger partial charge >= 0.3 is 0 Å². The van der Waals surface area contributed by atoms with Crippen molar-refractivity contribution in [3.63, 3.8) is 0 Å². The van der Waals surface area contributed by atoms with Crippen LogP contribution >= 0.6 is 12.2 Å². The minimum absolute atomic E-state index is 0.144. The molecule has 0 radical (unpaired) electrons. The van der Waals surface area contributed by atoms with Crippen molar-refractivity contribution >= 4 is 34.6 Å². The van der Waals surface area contributed by atoms with E-state index in [0.29, 0.717) is 28.8 Å². The number of nitrogens with one attached hydrogen (secondary N) is 2. The summed E-state index contributed by atoms with van der Waals surface area (Å²) in [5.74, 6) is 0.0424. The fourth-order valence-corrected chi connectivity index (χ4v) is 2.10. The van der Waals surface area contributed by atoms with E-state index in [2.05, 4.69) is 15.7 Å². The lowest BCUT2D eigenvalue weighted by molar-refractivity contribution is 0.0995. The zero-order chi connectivity index (χ0) is 16.1. The number of aromatic nitrogens is 2. The van der Waals surface area contributed by atoms with Crippen molar-refractivity contribution in [3.8, 4) is 5.75 Å². The molecule has 0 bridgehead atoms. The maximum atomic E-state index is 11.4. The van der Waals surface area contributed by atoms with Gasteiger partial charge in [-0.25, -0.2) is 0 Å². The van der Waals surface area contributed by atoms with Crippen LogP contribution in [0.2, 0.25) is 0 Å². The van der Waals surface area contributed by atoms with Gasteiger partial charge in [-0.05, 0) is 31.3 Å². The number of amides is 1. The van der Waals surface area contributed by atoms with E-state index in [-0.39, 0.29) is 5.69 Å². The Morgan fingerprint density at radius 3 is 2.68 bits per heavy atom. The number of hydrogen-bond donors (Lipinski definition) is 3. The molecule has 116 valence electrons. The number of aryl methyl sites for hydroxylation is 1. The van der Waals surface area contributed by atoms with Crippen LogP contribution in [-0.2, 0) is 6.54 Å². The number of nitrogens with zero attached hydrogens (tertiary/aromatic N) is 2. The lowest BCUT2D eigenvalue weighted by Crippen LogP contribution is -2.22. The predicted octanol–water partition coefficient (Wildman–Crippen LogP) is 1.82. The van der Waals surface area contributed by atoms with Gasteiger partial charge in [0.1, 0.15) is 5.75 Å². The fourth-order valence-electron chi connectivity index (χ4n) is 1.88. The van der Waals surface area contributed by atoms with Gasteiger partial charge in [0.25, 0.3) is 5.91 Å². The molecule has 0 fully saturated rings. The predicted molar refractivity (Wildman–Crippen MR) is 89.3 cm³/mol. The first kappa shape index (κ1) is 15.8. The molecule has 4 N–H and O–H groups in total. The van der Waals surface area contributed by atoms with Crippen LogP contribution in [0, 0.1) is 0 Å². The second-order valence-corrected chi connectivity index (χ2v) is 4.80. The average molecular weight is 319 g/mol. The standard InChI is InChI=1S/C14H17N5O2S/c1-3-19-8-10(12(18-19)13(15)20)17-14(22)16-9-6-4-5-7-11(9)21-2/h4-8H,3H2,1-2H3,(H2,15,20)(H2,16,17,22).